The van der Waals surface area contributed by atoms with Crippen LogP contribution in [-0.2, 0) is 14.8 Å². The van der Waals surface area contributed by atoms with Crippen molar-refractivity contribution >= 4 is 21.6 Å². The number of piperidine rings is 1. The van der Waals surface area contributed by atoms with Gasteiger partial charge in [-0.05, 0) is 49.6 Å². The molecule has 3 rings (SSSR count). The van der Waals surface area contributed by atoms with Gasteiger partial charge in [0.2, 0.25) is 15.9 Å². The number of nitrogens with one attached hydrogen (secondary N) is 1. The van der Waals surface area contributed by atoms with Crippen LogP contribution in [0, 0.1) is 24.5 Å². The Morgan fingerprint density at radius 1 is 1.22 bits per heavy atom. The van der Waals surface area contributed by atoms with E-state index in [0.717, 1.165) is 22.0 Å². The number of hydrogen-bond donors (Lipinski definition) is 1. The molecule has 1 N–H and O–H groups in total. The molecule has 1 aromatic heterocycles. The minimum Gasteiger partial charge on any atom is -0.324 e. The van der Waals surface area contributed by atoms with Crippen LogP contribution in [0.4, 0.5) is 14.5 Å². The Hall–Kier alpha value is -2.39. The lowest BCUT2D eigenvalue weighted by Crippen LogP contribution is -2.41. The third-order valence-electron chi connectivity index (χ3n) is 4.63. The van der Waals surface area contributed by atoms with Gasteiger partial charge in [-0.3, -0.25) is 9.78 Å². The molecule has 1 aliphatic heterocycles. The minimum absolute atomic E-state index is 0.0579. The van der Waals surface area contributed by atoms with Crippen LogP contribution in [-0.4, -0.2) is 36.7 Å². The molecule has 0 aliphatic carbocycles. The van der Waals surface area contributed by atoms with Gasteiger partial charge in [0.05, 0.1) is 11.9 Å². The van der Waals surface area contributed by atoms with Gasteiger partial charge < -0.3 is 5.32 Å². The van der Waals surface area contributed by atoms with Gasteiger partial charge in [0.1, 0.15) is 16.5 Å². The van der Waals surface area contributed by atoms with E-state index in [-0.39, 0.29) is 24.9 Å². The first-order valence-electron chi connectivity index (χ1n) is 8.45. The number of hydrogen-bond acceptors (Lipinski definition) is 4. The molecule has 2 aromatic rings. The van der Waals surface area contributed by atoms with E-state index in [1.54, 1.807) is 18.5 Å². The fourth-order valence-corrected chi connectivity index (χ4v) is 4.55. The lowest BCUT2D eigenvalue weighted by molar-refractivity contribution is -0.120. The summed E-state index contributed by atoms with van der Waals surface area (Å²) in [6.07, 6.45) is 3.77. The standard InChI is InChI=1S/C18H19F2N3O3S/c1-12-4-7-21-11-16(12)22-18(24)13-5-8-23(9-6-13)27(25,26)17-10-14(19)2-3-15(17)20/h2-4,7,10-11,13H,5-6,8-9H2,1H3,(H,22,24). The average Bonchev–Trinajstić information content (AvgIpc) is 2.65. The largest absolute Gasteiger partial charge is 0.324 e. The van der Waals surface area contributed by atoms with Crippen molar-refractivity contribution in [3.8, 4) is 0 Å². The van der Waals surface area contributed by atoms with Crippen LogP contribution in [0.1, 0.15) is 18.4 Å². The first-order valence-corrected chi connectivity index (χ1v) is 9.89. The monoisotopic (exact) mass is 395 g/mol. The highest BCUT2D eigenvalue weighted by Gasteiger charge is 2.33. The number of aromatic nitrogens is 1. The highest BCUT2D eigenvalue weighted by atomic mass is 32.2. The number of amides is 1. The van der Waals surface area contributed by atoms with Gasteiger partial charge in [-0.25, -0.2) is 17.2 Å². The molecule has 27 heavy (non-hydrogen) atoms. The maximum Gasteiger partial charge on any atom is 0.246 e. The predicted octanol–water partition coefficient (Wildman–Crippen LogP) is 2.71. The molecule has 0 radical (unpaired) electrons. The second-order valence-electron chi connectivity index (χ2n) is 6.43. The first kappa shape index (κ1) is 19.4. The highest BCUT2D eigenvalue weighted by Crippen LogP contribution is 2.27. The Morgan fingerprint density at radius 2 is 1.93 bits per heavy atom. The summed E-state index contributed by atoms with van der Waals surface area (Å²) >= 11 is 0. The summed E-state index contributed by atoms with van der Waals surface area (Å²) in [5, 5.41) is 2.80. The lowest BCUT2D eigenvalue weighted by Gasteiger charge is -2.30. The molecule has 1 fully saturated rings. The number of rotatable bonds is 4. The van der Waals surface area contributed by atoms with Crippen molar-refractivity contribution in [1.82, 2.24) is 9.29 Å². The van der Waals surface area contributed by atoms with Crippen LogP contribution in [0.5, 0.6) is 0 Å². The Kier molecular flexibility index (Phi) is 5.52. The van der Waals surface area contributed by atoms with Gasteiger partial charge in [-0.2, -0.15) is 4.31 Å². The summed E-state index contributed by atoms with van der Waals surface area (Å²) < 4.78 is 53.5. The second-order valence-corrected chi connectivity index (χ2v) is 8.34. The zero-order valence-electron chi connectivity index (χ0n) is 14.7. The van der Waals surface area contributed by atoms with E-state index in [9.17, 15) is 22.0 Å². The molecule has 6 nitrogen and oxygen atoms in total. The molecule has 0 saturated carbocycles. The third kappa shape index (κ3) is 4.14. The molecule has 1 saturated heterocycles. The molecule has 0 unspecified atom stereocenters. The van der Waals surface area contributed by atoms with Gasteiger partial charge >= 0.3 is 0 Å². The quantitative estimate of drug-likeness (QED) is 0.863. The number of aryl methyl sites for hydroxylation is 1. The highest BCUT2D eigenvalue weighted by molar-refractivity contribution is 7.89. The summed E-state index contributed by atoms with van der Waals surface area (Å²) in [7, 11) is -4.15. The maximum atomic E-state index is 13.9. The fraction of sp³-hybridized carbons (Fsp3) is 0.333. The molecule has 1 amide bonds. The Bertz CT molecular complexity index is 958. The van der Waals surface area contributed by atoms with Crippen LogP contribution >= 0.6 is 0 Å². The van der Waals surface area contributed by atoms with Gasteiger partial charge in [-0.1, -0.05) is 0 Å². The molecule has 0 spiro atoms. The molecular weight excluding hydrogens is 376 g/mol. The third-order valence-corrected chi connectivity index (χ3v) is 6.55. The number of carbonyl (C=O) groups is 1. The van der Waals surface area contributed by atoms with Gasteiger partial charge in [0.15, 0.2) is 0 Å². The van der Waals surface area contributed by atoms with E-state index in [1.807, 2.05) is 6.92 Å². The Balaban J connectivity index is 1.67. The lowest BCUT2D eigenvalue weighted by atomic mass is 9.97. The van der Waals surface area contributed by atoms with Crippen LogP contribution < -0.4 is 5.32 Å². The summed E-state index contributed by atoms with van der Waals surface area (Å²) in [4.78, 5) is 15.7. The molecule has 1 aliphatic rings. The molecule has 0 atom stereocenters. The second kappa shape index (κ2) is 7.69. The smallest absolute Gasteiger partial charge is 0.246 e. The topological polar surface area (TPSA) is 79.4 Å². The summed E-state index contributed by atoms with van der Waals surface area (Å²) in [5.41, 5.74) is 1.49. The molecule has 0 bridgehead atoms. The number of nitrogens with zero attached hydrogens (tertiary/aromatic N) is 2. The van der Waals surface area contributed by atoms with Crippen molar-refractivity contribution in [2.75, 3.05) is 18.4 Å². The van der Waals surface area contributed by atoms with Crippen molar-refractivity contribution in [3.05, 3.63) is 53.9 Å². The molecule has 144 valence electrons. The molecular formula is C18H19F2N3O3S. The summed E-state index contributed by atoms with van der Waals surface area (Å²) in [5.74, 6) is -2.40. The number of pyridine rings is 1. The van der Waals surface area contributed by atoms with E-state index < -0.39 is 26.6 Å². The van der Waals surface area contributed by atoms with E-state index in [4.69, 9.17) is 0 Å². The molecule has 1 aromatic carbocycles. The van der Waals surface area contributed by atoms with E-state index in [1.165, 1.54) is 0 Å². The van der Waals surface area contributed by atoms with E-state index in [0.29, 0.717) is 24.6 Å². The van der Waals surface area contributed by atoms with Crippen molar-refractivity contribution < 1.29 is 22.0 Å². The van der Waals surface area contributed by atoms with Gasteiger partial charge in [0.25, 0.3) is 0 Å². The first-order chi connectivity index (χ1) is 12.8. The van der Waals surface area contributed by atoms with Crippen molar-refractivity contribution in [3.63, 3.8) is 0 Å². The van der Waals surface area contributed by atoms with Gasteiger partial charge in [-0.15, -0.1) is 0 Å². The SMILES string of the molecule is Cc1ccncc1NC(=O)C1CCN(S(=O)(=O)c2cc(F)ccc2F)CC1. The molecule has 2 heterocycles. The fourth-order valence-electron chi connectivity index (χ4n) is 3.00. The van der Waals surface area contributed by atoms with Crippen LogP contribution in [0.3, 0.4) is 0 Å². The van der Waals surface area contributed by atoms with Crippen molar-refractivity contribution in [2.24, 2.45) is 5.92 Å². The zero-order chi connectivity index (χ0) is 19.6. The maximum absolute atomic E-state index is 13.9. The predicted molar refractivity (Wildman–Crippen MR) is 95.4 cm³/mol. The van der Waals surface area contributed by atoms with E-state index >= 15 is 0 Å². The summed E-state index contributed by atoms with van der Waals surface area (Å²) in [6.45, 7) is 1.96. The van der Waals surface area contributed by atoms with Crippen LogP contribution in [0.15, 0.2) is 41.6 Å². The number of anilines is 1. The number of sulfonamides is 1. The number of benzene rings is 1. The van der Waals surface area contributed by atoms with Crippen LogP contribution in [0.2, 0.25) is 0 Å². The Labute approximate surface area is 156 Å². The molecule has 9 heteroatoms. The Morgan fingerprint density at radius 3 is 2.59 bits per heavy atom. The van der Waals surface area contributed by atoms with Crippen LogP contribution in [0.25, 0.3) is 0 Å². The normalized spacial score (nSPS) is 16.3. The van der Waals surface area contributed by atoms with E-state index in [2.05, 4.69) is 10.3 Å². The zero-order valence-corrected chi connectivity index (χ0v) is 15.5. The average molecular weight is 395 g/mol. The number of carbonyl (C=O) groups excluding carboxylic acids is 1. The van der Waals surface area contributed by atoms with Crippen molar-refractivity contribution in [1.29, 1.82) is 0 Å². The van der Waals surface area contributed by atoms with Gasteiger partial charge in [0, 0.05) is 25.2 Å². The van der Waals surface area contributed by atoms with Crippen molar-refractivity contribution in [2.45, 2.75) is 24.7 Å². The minimum atomic E-state index is -4.15. The number of halogens is 2. The summed E-state index contributed by atoms with van der Waals surface area (Å²) in [6, 6.07) is 4.11.